The van der Waals surface area contributed by atoms with Crippen LogP contribution in [0.4, 0.5) is 0 Å². The third-order valence-electron chi connectivity index (χ3n) is 4.58. The highest BCUT2D eigenvalue weighted by Gasteiger charge is 2.15. The lowest BCUT2D eigenvalue weighted by Gasteiger charge is -2.14. The van der Waals surface area contributed by atoms with Gasteiger partial charge in [0.1, 0.15) is 0 Å². The summed E-state index contributed by atoms with van der Waals surface area (Å²) in [5.74, 6) is -0.120. The summed E-state index contributed by atoms with van der Waals surface area (Å²) in [4.78, 5) is 0. The van der Waals surface area contributed by atoms with Crippen LogP contribution in [0.1, 0.15) is 0 Å². The molecule has 5 aromatic carbocycles. The molecule has 0 radical (unpaired) electrons. The van der Waals surface area contributed by atoms with Crippen LogP contribution in [0.2, 0.25) is 0 Å². The number of fused-ring (bicyclic) bond motifs is 2. The molecule has 0 saturated heterocycles. The molecule has 0 heterocycles. The summed E-state index contributed by atoms with van der Waals surface area (Å²) in [5, 5.41) is 28.6. The lowest BCUT2D eigenvalue weighted by molar-refractivity contribution is 0.408. The van der Waals surface area contributed by atoms with Gasteiger partial charge in [-0.05, 0) is 50.5 Å². The Kier molecular flexibility index (Phi) is 2.01. The molecule has 0 unspecified atom stereocenters. The van der Waals surface area contributed by atoms with Crippen LogP contribution in [0.25, 0.3) is 43.1 Å². The van der Waals surface area contributed by atoms with E-state index >= 15 is 0 Å². The van der Waals surface area contributed by atoms with Crippen molar-refractivity contribution in [3.63, 3.8) is 0 Å². The summed E-state index contributed by atoms with van der Waals surface area (Å²) in [6, 6.07) is 20.1. The fourth-order valence-corrected chi connectivity index (χ4v) is 3.60. The van der Waals surface area contributed by atoms with Crippen LogP contribution in [-0.4, -0.2) is 10.2 Å². The van der Waals surface area contributed by atoms with E-state index in [1.54, 1.807) is 6.07 Å². The molecule has 2 nitrogen and oxygen atoms in total. The van der Waals surface area contributed by atoms with Crippen molar-refractivity contribution in [2.24, 2.45) is 0 Å². The minimum Gasteiger partial charge on any atom is -0.504 e. The van der Waals surface area contributed by atoms with E-state index in [1.165, 1.54) is 16.2 Å². The molecular weight excluding hydrogens is 272 g/mol. The number of benzene rings is 5. The fourth-order valence-electron chi connectivity index (χ4n) is 3.60. The molecule has 104 valence electrons. The first-order valence-corrected chi connectivity index (χ1v) is 7.25. The SMILES string of the molecule is Oc1cc2ccc3cc4ccccc4c4ccc(c1O)c2c34. The summed E-state index contributed by atoms with van der Waals surface area (Å²) in [5.41, 5.74) is 0. The van der Waals surface area contributed by atoms with Crippen LogP contribution in [-0.2, 0) is 0 Å². The van der Waals surface area contributed by atoms with Gasteiger partial charge in [-0.15, -0.1) is 0 Å². The van der Waals surface area contributed by atoms with E-state index in [0.29, 0.717) is 5.39 Å². The average Bonchev–Trinajstić information content (AvgIpc) is 2.55. The van der Waals surface area contributed by atoms with Gasteiger partial charge >= 0.3 is 0 Å². The third-order valence-corrected chi connectivity index (χ3v) is 4.58. The van der Waals surface area contributed by atoms with Crippen molar-refractivity contribution in [1.29, 1.82) is 0 Å². The Hall–Kier alpha value is -3.00. The minimum absolute atomic E-state index is 0.0462. The normalized spacial score (nSPS) is 12.0. The van der Waals surface area contributed by atoms with Crippen LogP contribution in [0.15, 0.2) is 60.7 Å². The van der Waals surface area contributed by atoms with Gasteiger partial charge in [0, 0.05) is 10.8 Å². The number of phenolic OH excluding ortho intramolecular Hbond substituents is 2. The van der Waals surface area contributed by atoms with E-state index in [9.17, 15) is 10.2 Å². The molecule has 0 atom stereocenters. The zero-order valence-corrected chi connectivity index (χ0v) is 11.7. The highest BCUT2D eigenvalue weighted by atomic mass is 16.3. The predicted octanol–water partition coefficient (Wildman–Crippen LogP) is 5.15. The monoisotopic (exact) mass is 284 g/mol. The van der Waals surface area contributed by atoms with E-state index in [0.717, 1.165) is 21.5 Å². The molecule has 0 amide bonds. The van der Waals surface area contributed by atoms with E-state index in [1.807, 2.05) is 30.3 Å². The second kappa shape index (κ2) is 3.80. The third kappa shape index (κ3) is 1.29. The van der Waals surface area contributed by atoms with E-state index in [4.69, 9.17) is 0 Å². The highest BCUT2D eigenvalue weighted by molar-refractivity contribution is 6.29. The quantitative estimate of drug-likeness (QED) is 0.234. The van der Waals surface area contributed by atoms with Gasteiger partial charge in [0.2, 0.25) is 0 Å². The molecule has 0 aliphatic rings. The first kappa shape index (κ1) is 11.6. The summed E-state index contributed by atoms with van der Waals surface area (Å²) >= 11 is 0. The van der Waals surface area contributed by atoms with E-state index in [2.05, 4.69) is 24.3 Å². The maximum absolute atomic E-state index is 10.2. The molecule has 0 spiro atoms. The summed E-state index contributed by atoms with van der Waals surface area (Å²) < 4.78 is 0. The molecule has 0 fully saturated rings. The van der Waals surface area contributed by atoms with Crippen LogP contribution >= 0.6 is 0 Å². The zero-order valence-electron chi connectivity index (χ0n) is 11.7. The molecule has 5 rings (SSSR count). The lowest BCUT2D eigenvalue weighted by atomic mass is 9.90. The van der Waals surface area contributed by atoms with Crippen molar-refractivity contribution >= 4 is 43.1 Å². The Labute approximate surface area is 126 Å². The van der Waals surface area contributed by atoms with E-state index in [-0.39, 0.29) is 11.5 Å². The van der Waals surface area contributed by atoms with Gasteiger partial charge in [-0.1, -0.05) is 42.5 Å². The summed E-state index contributed by atoms with van der Waals surface area (Å²) in [7, 11) is 0. The number of hydrogen-bond donors (Lipinski definition) is 2. The lowest BCUT2D eigenvalue weighted by Crippen LogP contribution is -1.86. The average molecular weight is 284 g/mol. The van der Waals surface area contributed by atoms with Crippen molar-refractivity contribution in [1.82, 2.24) is 0 Å². The minimum atomic E-state index is -0.0734. The number of hydrogen-bond acceptors (Lipinski definition) is 2. The van der Waals surface area contributed by atoms with Crippen molar-refractivity contribution in [3.05, 3.63) is 60.7 Å². The van der Waals surface area contributed by atoms with Crippen LogP contribution in [0.3, 0.4) is 0 Å². The Morgan fingerprint density at radius 2 is 1.23 bits per heavy atom. The summed E-state index contributed by atoms with van der Waals surface area (Å²) in [6.07, 6.45) is 0. The molecule has 0 saturated carbocycles. The van der Waals surface area contributed by atoms with Gasteiger partial charge in [0.25, 0.3) is 0 Å². The predicted molar refractivity (Wildman–Crippen MR) is 91.0 cm³/mol. The van der Waals surface area contributed by atoms with Crippen molar-refractivity contribution in [2.75, 3.05) is 0 Å². The molecule has 22 heavy (non-hydrogen) atoms. The molecule has 2 heteroatoms. The Balaban J connectivity index is 2.19. The van der Waals surface area contributed by atoms with Crippen molar-refractivity contribution < 1.29 is 10.2 Å². The maximum Gasteiger partial charge on any atom is 0.165 e. The second-order valence-corrected chi connectivity index (χ2v) is 5.76. The van der Waals surface area contributed by atoms with Crippen molar-refractivity contribution in [3.8, 4) is 11.5 Å². The van der Waals surface area contributed by atoms with Crippen LogP contribution in [0.5, 0.6) is 11.5 Å². The largest absolute Gasteiger partial charge is 0.504 e. The second-order valence-electron chi connectivity index (χ2n) is 5.76. The molecular formula is C20H12O2. The standard InChI is InChI=1S/C20H12O2/c21-17-10-13-6-5-12-9-11-3-1-2-4-14(11)15-7-8-16(20(17)22)19(13)18(12)15/h1-10,21-22H. The number of rotatable bonds is 0. The van der Waals surface area contributed by atoms with Gasteiger partial charge in [-0.25, -0.2) is 0 Å². The first-order chi connectivity index (χ1) is 10.7. The molecule has 0 bridgehead atoms. The molecule has 2 N–H and O–H groups in total. The zero-order chi connectivity index (χ0) is 14.8. The van der Waals surface area contributed by atoms with Gasteiger partial charge in [0.15, 0.2) is 11.5 Å². The smallest absolute Gasteiger partial charge is 0.165 e. The topological polar surface area (TPSA) is 40.5 Å². The van der Waals surface area contributed by atoms with Gasteiger partial charge in [-0.3, -0.25) is 0 Å². The van der Waals surface area contributed by atoms with Crippen molar-refractivity contribution in [2.45, 2.75) is 0 Å². The molecule has 0 aromatic heterocycles. The molecule has 0 aliphatic carbocycles. The van der Waals surface area contributed by atoms with E-state index < -0.39 is 0 Å². The summed E-state index contributed by atoms with van der Waals surface area (Å²) in [6.45, 7) is 0. The fraction of sp³-hybridized carbons (Fsp3) is 0. The molecule has 0 aliphatic heterocycles. The Bertz CT molecular complexity index is 1190. The molecule has 5 aromatic rings. The van der Waals surface area contributed by atoms with Gasteiger partial charge in [0.05, 0.1) is 0 Å². The highest BCUT2D eigenvalue weighted by Crippen LogP contribution is 2.44. The van der Waals surface area contributed by atoms with Crippen LogP contribution in [0, 0.1) is 0 Å². The van der Waals surface area contributed by atoms with Crippen LogP contribution < -0.4 is 0 Å². The van der Waals surface area contributed by atoms with Gasteiger partial charge < -0.3 is 10.2 Å². The first-order valence-electron chi connectivity index (χ1n) is 7.25. The number of aromatic hydroxyl groups is 2. The van der Waals surface area contributed by atoms with Gasteiger partial charge in [-0.2, -0.15) is 0 Å². The Morgan fingerprint density at radius 3 is 2.09 bits per heavy atom. The Morgan fingerprint density at radius 1 is 0.545 bits per heavy atom. The number of phenols is 2. The maximum atomic E-state index is 10.2.